The fourth-order valence-corrected chi connectivity index (χ4v) is 13.6. The predicted molar refractivity (Wildman–Crippen MR) is 342 cm³/mol. The van der Waals surface area contributed by atoms with Gasteiger partial charge in [0.25, 0.3) is 0 Å². The molecule has 0 aliphatic carbocycles. The monoisotopic (exact) mass is 846 g/mol. The Morgan fingerprint density at radius 1 is 0.288 bits per heavy atom. The Balaban J connectivity index is 1.35. The summed E-state index contributed by atoms with van der Waals surface area (Å²) in [6.45, 7) is 0. The molecule has 66 heavy (non-hydrogen) atoms. The lowest BCUT2D eigenvalue weighted by atomic mass is 9.55. The molecule has 11 aromatic rings. The molecule has 2 nitrogen and oxygen atoms in total. The highest BCUT2D eigenvalue weighted by molar-refractivity contribution is 7.28. The van der Waals surface area contributed by atoms with E-state index in [1.165, 1.54) is 179 Å². The van der Waals surface area contributed by atoms with E-state index in [9.17, 15) is 0 Å². The molecular formula is C48H45B15N2S. The minimum atomic E-state index is 1.17. The van der Waals surface area contributed by atoms with Gasteiger partial charge < -0.3 is 9.13 Å². The van der Waals surface area contributed by atoms with Crippen molar-refractivity contribution < 1.29 is 0 Å². The summed E-state index contributed by atoms with van der Waals surface area (Å²) in [5.41, 5.74) is 33.6. The van der Waals surface area contributed by atoms with Crippen molar-refractivity contribution in [3.05, 3.63) is 91.0 Å². The fraction of sp³-hybridized carbons (Fsp3) is 0. The second-order valence-corrected chi connectivity index (χ2v) is 20.7. The largest absolute Gasteiger partial charge is 0.309 e. The van der Waals surface area contributed by atoms with Gasteiger partial charge in [0.15, 0.2) is 0 Å². The number of thiophene rings is 1. The summed E-state index contributed by atoms with van der Waals surface area (Å²) >= 11 is 2.00. The number of para-hydroxylation sites is 3. The summed E-state index contributed by atoms with van der Waals surface area (Å²) in [7, 11) is 35.3. The van der Waals surface area contributed by atoms with Crippen molar-refractivity contribution in [2.24, 2.45) is 0 Å². The normalized spacial score (nSPS) is 11.9. The molecule has 0 saturated carbocycles. The van der Waals surface area contributed by atoms with Crippen LogP contribution in [0.15, 0.2) is 91.0 Å². The van der Waals surface area contributed by atoms with Crippen LogP contribution in [0.5, 0.6) is 0 Å². The molecule has 0 saturated heterocycles. The van der Waals surface area contributed by atoms with E-state index in [-0.39, 0.29) is 0 Å². The second kappa shape index (κ2) is 15.3. The Labute approximate surface area is 406 Å². The van der Waals surface area contributed by atoms with Crippen molar-refractivity contribution in [2.75, 3.05) is 0 Å². The lowest BCUT2D eigenvalue weighted by Crippen LogP contribution is -2.57. The first kappa shape index (κ1) is 43.1. The lowest BCUT2D eigenvalue weighted by molar-refractivity contribution is 1.18. The van der Waals surface area contributed by atoms with E-state index in [0.29, 0.717) is 0 Å². The van der Waals surface area contributed by atoms with Gasteiger partial charge in [-0.3, -0.25) is 0 Å². The van der Waals surface area contributed by atoms with Gasteiger partial charge in [0.05, 0.1) is 27.8 Å². The molecule has 11 rings (SSSR count). The van der Waals surface area contributed by atoms with Crippen LogP contribution in [0.4, 0.5) is 0 Å². The van der Waals surface area contributed by atoms with Crippen LogP contribution < -0.4 is 81.9 Å². The van der Waals surface area contributed by atoms with Crippen LogP contribution in [0.25, 0.3) is 97.4 Å². The molecule has 0 N–H and O–H groups in total. The van der Waals surface area contributed by atoms with E-state index >= 15 is 0 Å². The fourth-order valence-electron chi connectivity index (χ4n) is 12.2. The van der Waals surface area contributed by atoms with Crippen molar-refractivity contribution in [1.29, 1.82) is 0 Å². The van der Waals surface area contributed by atoms with Gasteiger partial charge in [-0.25, -0.2) is 0 Å². The number of aromatic nitrogens is 2. The Morgan fingerprint density at radius 3 is 1.21 bits per heavy atom. The number of benzene rings is 8. The van der Waals surface area contributed by atoms with E-state index in [4.69, 9.17) is 0 Å². The molecule has 0 radical (unpaired) electrons. The number of hydrogen-bond acceptors (Lipinski definition) is 1. The number of hydrogen-bond donors (Lipinski definition) is 0. The van der Waals surface area contributed by atoms with E-state index in [1.807, 2.05) is 11.3 Å². The average Bonchev–Trinajstić information content (AvgIpc) is 3.99. The van der Waals surface area contributed by atoms with Crippen LogP contribution in [-0.2, 0) is 0 Å². The van der Waals surface area contributed by atoms with Gasteiger partial charge in [-0.05, 0) is 64.0 Å². The first-order valence-corrected chi connectivity index (χ1v) is 24.5. The first-order valence-electron chi connectivity index (χ1n) is 23.7. The van der Waals surface area contributed by atoms with E-state index in [2.05, 4.69) is 218 Å². The maximum absolute atomic E-state index is 2.67. The molecule has 0 spiro atoms. The number of nitrogens with zero attached hydrogens (tertiary/aromatic N) is 2. The summed E-state index contributed by atoms with van der Waals surface area (Å²) in [6.07, 6.45) is 0. The second-order valence-electron chi connectivity index (χ2n) is 19.7. The van der Waals surface area contributed by atoms with Gasteiger partial charge in [0.2, 0.25) is 0 Å². The molecule has 3 aromatic heterocycles. The first-order chi connectivity index (χ1) is 31.6. The van der Waals surface area contributed by atoms with Gasteiger partial charge in [-0.15, -0.1) is 44.1 Å². The molecule has 0 bridgehead atoms. The topological polar surface area (TPSA) is 9.86 Å². The van der Waals surface area contributed by atoms with E-state index in [1.54, 1.807) is 0 Å². The van der Waals surface area contributed by atoms with Crippen molar-refractivity contribution in [3.63, 3.8) is 0 Å². The zero-order valence-corrected chi connectivity index (χ0v) is 42.3. The Hall–Kier alpha value is -5.45. The lowest BCUT2D eigenvalue weighted by Gasteiger charge is -2.30. The number of fused-ring (bicyclic) bond motifs is 9. The molecule has 0 atom stereocenters. The van der Waals surface area contributed by atoms with Gasteiger partial charge in [-0.2, -0.15) is 0 Å². The van der Waals surface area contributed by atoms with Crippen LogP contribution in [0, 0.1) is 0 Å². The van der Waals surface area contributed by atoms with Crippen LogP contribution in [0.3, 0.4) is 0 Å². The van der Waals surface area contributed by atoms with E-state index < -0.39 is 0 Å². The maximum Gasteiger partial charge on any atom is 0.140 e. The minimum absolute atomic E-state index is 1.17. The van der Waals surface area contributed by atoms with Crippen LogP contribution >= 0.6 is 11.3 Å². The van der Waals surface area contributed by atoms with Gasteiger partial charge in [0, 0.05) is 42.0 Å². The average molecular weight is 844 g/mol. The zero-order chi connectivity index (χ0) is 46.5. The summed E-state index contributed by atoms with van der Waals surface area (Å²) in [6, 6.07) is 34.1. The standard InChI is InChI=1S/C48H45B15N2S/c49-31-25(26-33(51)39(57)42(60)40(58)34(26)52)32(50)38(56)35(53)27(31)28-36(54)44(62)48-30(29-37(55)41(59)43(61)45(63)47(29)66-48)46(28)65-23-12-6-3-9-19(23)20-15-16(13-14-24(20)65)64-21-10-4-1-7-17(21)18-8-2-5-11-22(18)64/h1-15H,49-63H2. The van der Waals surface area contributed by atoms with Crippen LogP contribution in [0.2, 0.25) is 0 Å². The highest BCUT2D eigenvalue weighted by Gasteiger charge is 2.30. The van der Waals surface area contributed by atoms with Crippen molar-refractivity contribution in [3.8, 4) is 33.6 Å². The van der Waals surface area contributed by atoms with Crippen molar-refractivity contribution in [1.82, 2.24) is 9.13 Å². The molecule has 0 amide bonds. The SMILES string of the molecule is Bc1c(B)c(B)c(-c2c(B)c(B)c(B)c(-c3c(B)c(B)c4sc5c(B)c(B)c(B)c(B)c5c4c3-n3c4ccccc4c4cc(-n5c6ccccc6c6ccccc65)ccc43)c2B)c(B)c1B. The molecule has 18 heteroatoms. The molecule has 8 aromatic carbocycles. The summed E-state index contributed by atoms with van der Waals surface area (Å²) in [4.78, 5) is 0. The third-order valence-corrected chi connectivity index (χ3v) is 18.3. The molecule has 0 unspecified atom stereocenters. The van der Waals surface area contributed by atoms with E-state index in [0.717, 1.165) is 0 Å². The smallest absolute Gasteiger partial charge is 0.140 e. The Kier molecular flexibility index (Phi) is 10.00. The summed E-state index contributed by atoms with van der Waals surface area (Å²) in [5, 5.41) is 7.85. The highest BCUT2D eigenvalue weighted by Crippen LogP contribution is 2.43. The van der Waals surface area contributed by atoms with Gasteiger partial charge in [0.1, 0.15) is 118 Å². The third kappa shape index (κ3) is 5.69. The predicted octanol–water partition coefficient (Wildman–Crippen LogP) is -12.5. The quantitative estimate of drug-likeness (QED) is 0.156. The number of rotatable bonds is 4. The summed E-state index contributed by atoms with van der Waals surface area (Å²) in [5.74, 6) is 0. The molecular weight excluding hydrogens is 799 g/mol. The van der Waals surface area contributed by atoms with Crippen LogP contribution in [0.1, 0.15) is 0 Å². The maximum atomic E-state index is 2.67. The van der Waals surface area contributed by atoms with Crippen LogP contribution in [-0.4, -0.2) is 127 Å². The van der Waals surface area contributed by atoms with Crippen molar-refractivity contribution in [2.45, 2.75) is 0 Å². The molecule has 0 aliphatic heterocycles. The Morgan fingerprint density at radius 2 is 0.652 bits per heavy atom. The highest BCUT2D eigenvalue weighted by atomic mass is 32.1. The molecule has 298 valence electrons. The summed E-state index contributed by atoms with van der Waals surface area (Å²) < 4.78 is 7.93. The Bertz CT molecular complexity index is 3940. The molecule has 0 fully saturated rings. The third-order valence-electron chi connectivity index (χ3n) is 16.9. The van der Waals surface area contributed by atoms with Gasteiger partial charge in [-0.1, -0.05) is 104 Å². The van der Waals surface area contributed by atoms with Gasteiger partial charge >= 0.3 is 0 Å². The minimum Gasteiger partial charge on any atom is -0.309 e. The zero-order valence-electron chi connectivity index (χ0n) is 41.5. The molecule has 0 aliphatic rings. The van der Waals surface area contributed by atoms with Crippen molar-refractivity contribution >= 4 is 275 Å². The molecule has 3 heterocycles.